The van der Waals surface area contributed by atoms with E-state index in [1.165, 1.54) is 33.4 Å². The Kier molecular flexibility index (Phi) is 4.46. The van der Waals surface area contributed by atoms with Crippen LogP contribution in [0.15, 0.2) is 85.2 Å². The highest BCUT2D eigenvalue weighted by molar-refractivity contribution is 5.67. The highest BCUT2D eigenvalue weighted by Gasteiger charge is 2.13. The molecule has 0 unspecified atom stereocenters. The summed E-state index contributed by atoms with van der Waals surface area (Å²) in [6.07, 6.45) is 7.80. The quantitative estimate of drug-likeness (QED) is 0.457. The van der Waals surface area contributed by atoms with Crippen molar-refractivity contribution in [1.29, 1.82) is 0 Å². The van der Waals surface area contributed by atoms with Crippen molar-refractivity contribution in [2.75, 3.05) is 0 Å². The van der Waals surface area contributed by atoms with E-state index in [0.29, 0.717) is 0 Å². The lowest BCUT2D eigenvalue weighted by Crippen LogP contribution is -2.02. The maximum Gasteiger partial charge on any atom is 0.0704 e. The number of aryl methyl sites for hydroxylation is 4. The van der Waals surface area contributed by atoms with Gasteiger partial charge >= 0.3 is 0 Å². The molecule has 28 heavy (non-hydrogen) atoms. The van der Waals surface area contributed by atoms with Crippen molar-refractivity contribution in [3.63, 3.8) is 0 Å². The Balaban J connectivity index is 1.57. The molecule has 0 amide bonds. The van der Waals surface area contributed by atoms with Crippen molar-refractivity contribution in [2.24, 2.45) is 0 Å². The predicted molar refractivity (Wildman–Crippen MR) is 114 cm³/mol. The van der Waals surface area contributed by atoms with Crippen molar-refractivity contribution in [2.45, 2.75) is 25.7 Å². The van der Waals surface area contributed by atoms with Crippen LogP contribution in [0.1, 0.15) is 22.3 Å². The Morgan fingerprint density at radius 3 is 1.43 bits per heavy atom. The summed E-state index contributed by atoms with van der Waals surface area (Å²) in [5, 5.41) is 0. The summed E-state index contributed by atoms with van der Waals surface area (Å²) in [5.74, 6) is 0. The lowest BCUT2D eigenvalue weighted by atomic mass is 9.89. The van der Waals surface area contributed by atoms with Crippen LogP contribution in [0.2, 0.25) is 0 Å². The number of pyridine rings is 2. The van der Waals surface area contributed by atoms with E-state index in [1.54, 1.807) is 0 Å². The van der Waals surface area contributed by atoms with Gasteiger partial charge in [0.25, 0.3) is 0 Å². The fourth-order valence-electron chi connectivity index (χ4n) is 4.07. The van der Waals surface area contributed by atoms with Crippen molar-refractivity contribution in [3.8, 4) is 22.5 Å². The molecule has 0 fully saturated rings. The second kappa shape index (κ2) is 7.40. The number of nitrogens with zero attached hydrogens (tertiary/aromatic N) is 2. The maximum atomic E-state index is 4.61. The van der Waals surface area contributed by atoms with E-state index in [9.17, 15) is 0 Å². The molecule has 0 atom stereocenters. The molecule has 136 valence electrons. The van der Waals surface area contributed by atoms with Crippen LogP contribution in [0.4, 0.5) is 0 Å². The first-order valence-electron chi connectivity index (χ1n) is 9.93. The van der Waals surface area contributed by atoms with Crippen LogP contribution in [0, 0.1) is 0 Å². The van der Waals surface area contributed by atoms with Crippen molar-refractivity contribution in [1.82, 2.24) is 9.97 Å². The summed E-state index contributed by atoms with van der Waals surface area (Å²) < 4.78 is 0. The first-order valence-corrected chi connectivity index (χ1v) is 9.93. The zero-order valence-corrected chi connectivity index (χ0v) is 15.8. The lowest BCUT2D eigenvalue weighted by Gasteiger charge is -2.16. The van der Waals surface area contributed by atoms with Crippen LogP contribution in [-0.2, 0) is 25.7 Å². The van der Waals surface area contributed by atoms with Crippen LogP contribution in [0.5, 0.6) is 0 Å². The number of benzene rings is 2. The molecule has 2 heteroatoms. The Morgan fingerprint density at radius 1 is 0.500 bits per heavy atom. The minimum atomic E-state index is 1.01. The molecular formula is C26H22N2. The number of aromatic nitrogens is 2. The van der Waals surface area contributed by atoms with E-state index in [2.05, 4.69) is 70.6 Å². The van der Waals surface area contributed by atoms with E-state index in [-0.39, 0.29) is 0 Å². The van der Waals surface area contributed by atoms with Crippen LogP contribution in [0.3, 0.4) is 0 Å². The summed E-state index contributed by atoms with van der Waals surface area (Å²) in [6.45, 7) is 0. The number of hydrogen-bond donors (Lipinski definition) is 0. The van der Waals surface area contributed by atoms with Crippen molar-refractivity contribution >= 4 is 0 Å². The smallest absolute Gasteiger partial charge is 0.0704 e. The van der Waals surface area contributed by atoms with E-state index in [1.807, 2.05) is 24.5 Å². The minimum absolute atomic E-state index is 1.01. The van der Waals surface area contributed by atoms with Gasteiger partial charge < -0.3 is 0 Å². The van der Waals surface area contributed by atoms with Crippen LogP contribution in [0.25, 0.3) is 22.5 Å². The molecule has 0 radical (unpaired) electrons. The van der Waals surface area contributed by atoms with Gasteiger partial charge in [0, 0.05) is 23.5 Å². The average Bonchev–Trinajstić information content (AvgIpc) is 2.76. The van der Waals surface area contributed by atoms with Crippen molar-refractivity contribution in [3.05, 3.63) is 107 Å². The zero-order valence-electron chi connectivity index (χ0n) is 15.8. The first-order chi connectivity index (χ1) is 13.9. The monoisotopic (exact) mass is 362 g/mol. The molecule has 2 nitrogen and oxygen atoms in total. The highest BCUT2D eigenvalue weighted by atomic mass is 14.7. The van der Waals surface area contributed by atoms with Gasteiger partial charge in [0.2, 0.25) is 0 Å². The second-order valence-corrected chi connectivity index (χ2v) is 7.41. The maximum absolute atomic E-state index is 4.61. The third kappa shape index (κ3) is 3.34. The fraction of sp³-hybridized carbons (Fsp3) is 0.154. The third-order valence-corrected chi connectivity index (χ3v) is 5.60. The third-order valence-electron chi connectivity index (χ3n) is 5.60. The van der Waals surface area contributed by atoms with Gasteiger partial charge in [0.15, 0.2) is 0 Å². The van der Waals surface area contributed by atoms with Gasteiger partial charge in [0.05, 0.1) is 11.4 Å². The van der Waals surface area contributed by atoms with E-state index >= 15 is 0 Å². The molecule has 0 saturated carbocycles. The fourth-order valence-corrected chi connectivity index (χ4v) is 4.07. The average molecular weight is 362 g/mol. The van der Waals surface area contributed by atoms with E-state index < -0.39 is 0 Å². The van der Waals surface area contributed by atoms with Gasteiger partial charge in [-0.1, -0.05) is 36.4 Å². The molecule has 0 spiro atoms. The highest BCUT2D eigenvalue weighted by Crippen LogP contribution is 2.29. The molecule has 2 aromatic heterocycles. The topological polar surface area (TPSA) is 25.8 Å². The molecular weight excluding hydrogens is 340 g/mol. The van der Waals surface area contributed by atoms with E-state index in [0.717, 1.165) is 37.1 Å². The van der Waals surface area contributed by atoms with Crippen LogP contribution in [-0.4, -0.2) is 9.97 Å². The standard InChI is InChI=1S/C26H22N2/c1-3-15-27-25(5-1)23-17-19-7-11-21(23)13-9-20-8-12-22(14-10-19)24(18-20)26-6-2-4-16-28-26/h1-8,11-12,15-18H,9-10,13-14H2. The Bertz CT molecular complexity index is 1010. The van der Waals surface area contributed by atoms with Crippen LogP contribution < -0.4 is 0 Å². The molecule has 4 aliphatic carbocycles. The summed E-state index contributed by atoms with van der Waals surface area (Å²) in [7, 11) is 0. The molecule has 0 saturated heterocycles. The Labute approximate surface area is 165 Å². The van der Waals surface area contributed by atoms with Gasteiger partial charge in [-0.15, -0.1) is 0 Å². The van der Waals surface area contributed by atoms with Gasteiger partial charge in [-0.25, -0.2) is 0 Å². The molecule has 4 aliphatic rings. The minimum Gasteiger partial charge on any atom is -0.256 e. The summed E-state index contributed by atoms with van der Waals surface area (Å²) in [5.41, 5.74) is 10.1. The predicted octanol–water partition coefficient (Wildman–Crippen LogP) is 5.69. The molecule has 4 aromatic rings. The Hall–Kier alpha value is -3.26. The SMILES string of the molecule is c1ccc(-c2cc3ccc2CCc2ccc(c(-c4ccccn4)c2)CC3)nc1. The molecule has 0 aliphatic heterocycles. The first kappa shape index (κ1) is 16.9. The molecule has 4 bridgehead atoms. The van der Waals surface area contributed by atoms with E-state index in [4.69, 9.17) is 0 Å². The summed E-state index contributed by atoms with van der Waals surface area (Å²) in [6, 6.07) is 26.2. The molecule has 0 N–H and O–H groups in total. The summed E-state index contributed by atoms with van der Waals surface area (Å²) >= 11 is 0. The largest absolute Gasteiger partial charge is 0.256 e. The molecule has 2 heterocycles. The van der Waals surface area contributed by atoms with Crippen LogP contribution >= 0.6 is 0 Å². The molecule has 8 rings (SSSR count). The number of rotatable bonds is 2. The lowest BCUT2D eigenvalue weighted by molar-refractivity contribution is 0.923. The second-order valence-electron chi connectivity index (χ2n) is 7.41. The van der Waals surface area contributed by atoms with Gasteiger partial charge in [-0.2, -0.15) is 0 Å². The zero-order chi connectivity index (χ0) is 18.8. The normalized spacial score (nSPS) is 13.1. The summed E-state index contributed by atoms with van der Waals surface area (Å²) in [4.78, 5) is 9.21. The molecule has 2 aromatic carbocycles. The van der Waals surface area contributed by atoms with Gasteiger partial charge in [0.1, 0.15) is 0 Å². The van der Waals surface area contributed by atoms with Crippen molar-refractivity contribution < 1.29 is 0 Å². The Morgan fingerprint density at radius 2 is 1.00 bits per heavy atom. The van der Waals surface area contributed by atoms with Gasteiger partial charge in [-0.05, 0) is 84.3 Å². The number of hydrogen-bond acceptors (Lipinski definition) is 2. The van der Waals surface area contributed by atoms with Gasteiger partial charge in [-0.3, -0.25) is 9.97 Å².